The van der Waals surface area contributed by atoms with Gasteiger partial charge >= 0.3 is 0 Å². The molecule has 0 aliphatic carbocycles. The van der Waals surface area contributed by atoms with E-state index in [0.29, 0.717) is 17.2 Å². The third kappa shape index (κ3) is 2.80. The van der Waals surface area contributed by atoms with Gasteiger partial charge in [-0.3, -0.25) is 9.69 Å². The number of hydrogen-bond donors (Lipinski definition) is 1. The lowest BCUT2D eigenvalue weighted by atomic mass is 10.1. The number of carbonyl (C=O) groups excluding carboxylic acids is 1. The number of aromatic hydroxyl groups is 1. The molecule has 1 aromatic rings. The summed E-state index contributed by atoms with van der Waals surface area (Å²) in [5, 5.41) is 9.73. The van der Waals surface area contributed by atoms with E-state index in [4.69, 9.17) is 0 Å². The van der Waals surface area contributed by atoms with Crippen LogP contribution in [-0.4, -0.2) is 53.0 Å². The zero-order valence-electron chi connectivity index (χ0n) is 12.6. The Morgan fingerprint density at radius 1 is 1.40 bits per heavy atom. The van der Waals surface area contributed by atoms with Crippen molar-refractivity contribution in [1.29, 1.82) is 0 Å². The fraction of sp³-hybridized carbons (Fsp3) is 0.562. The Morgan fingerprint density at radius 3 is 2.75 bits per heavy atom. The Morgan fingerprint density at radius 2 is 2.10 bits per heavy atom. The van der Waals surface area contributed by atoms with Crippen LogP contribution in [-0.2, 0) is 0 Å². The normalized spacial score (nSPS) is 18.8. The van der Waals surface area contributed by atoms with Crippen LogP contribution < -0.4 is 0 Å². The van der Waals surface area contributed by atoms with Gasteiger partial charge in [0, 0.05) is 30.3 Å². The molecule has 1 aromatic carbocycles. The average molecular weight is 276 g/mol. The van der Waals surface area contributed by atoms with Crippen molar-refractivity contribution in [2.45, 2.75) is 33.2 Å². The maximum absolute atomic E-state index is 12.6. The standard InChI is InChI=1S/C16H24N2O2/c1-4-17(5-2)13-9-10-18(11-13)16(20)14-7-6-8-15(19)12(14)3/h6-8,13,19H,4-5,9-11H2,1-3H3. The molecule has 1 saturated heterocycles. The molecule has 1 amide bonds. The van der Waals surface area contributed by atoms with Crippen molar-refractivity contribution in [2.24, 2.45) is 0 Å². The van der Waals surface area contributed by atoms with Gasteiger partial charge in [-0.05, 0) is 38.6 Å². The van der Waals surface area contributed by atoms with Crippen molar-refractivity contribution in [3.05, 3.63) is 29.3 Å². The first-order valence-corrected chi connectivity index (χ1v) is 7.40. The monoisotopic (exact) mass is 276 g/mol. The highest BCUT2D eigenvalue weighted by molar-refractivity contribution is 5.96. The van der Waals surface area contributed by atoms with E-state index in [9.17, 15) is 9.90 Å². The van der Waals surface area contributed by atoms with Gasteiger partial charge in [0.25, 0.3) is 5.91 Å². The summed E-state index contributed by atoms with van der Waals surface area (Å²) in [6.07, 6.45) is 1.03. The number of carbonyl (C=O) groups is 1. The first-order valence-electron chi connectivity index (χ1n) is 7.40. The van der Waals surface area contributed by atoms with Crippen molar-refractivity contribution < 1.29 is 9.90 Å². The molecule has 4 nitrogen and oxygen atoms in total. The summed E-state index contributed by atoms with van der Waals surface area (Å²) >= 11 is 0. The van der Waals surface area contributed by atoms with Crippen LogP contribution in [0.25, 0.3) is 0 Å². The quantitative estimate of drug-likeness (QED) is 0.917. The molecule has 1 aliphatic heterocycles. The third-order valence-corrected chi connectivity index (χ3v) is 4.31. The number of rotatable bonds is 4. The smallest absolute Gasteiger partial charge is 0.254 e. The molecule has 4 heteroatoms. The summed E-state index contributed by atoms with van der Waals surface area (Å²) < 4.78 is 0. The number of amides is 1. The molecule has 110 valence electrons. The van der Waals surface area contributed by atoms with E-state index >= 15 is 0 Å². The number of phenols is 1. The summed E-state index contributed by atoms with van der Waals surface area (Å²) in [7, 11) is 0. The highest BCUT2D eigenvalue weighted by Crippen LogP contribution is 2.23. The van der Waals surface area contributed by atoms with Crippen molar-refractivity contribution in [1.82, 2.24) is 9.80 Å². The SMILES string of the molecule is CCN(CC)C1CCN(C(=O)c2cccc(O)c2C)C1. The van der Waals surface area contributed by atoms with Crippen LogP contribution in [0.1, 0.15) is 36.2 Å². The van der Waals surface area contributed by atoms with Gasteiger partial charge in [-0.25, -0.2) is 0 Å². The Labute approximate surface area is 121 Å². The van der Waals surface area contributed by atoms with Crippen molar-refractivity contribution in [3.63, 3.8) is 0 Å². The van der Waals surface area contributed by atoms with Gasteiger partial charge in [0.05, 0.1) is 0 Å². The summed E-state index contributed by atoms with van der Waals surface area (Å²) in [6.45, 7) is 9.74. The first kappa shape index (κ1) is 14.9. The number of likely N-dealkylation sites (N-methyl/N-ethyl adjacent to an activating group) is 1. The predicted octanol–water partition coefficient (Wildman–Crippen LogP) is 2.26. The van der Waals surface area contributed by atoms with E-state index in [-0.39, 0.29) is 11.7 Å². The molecule has 0 aromatic heterocycles. The molecular weight excluding hydrogens is 252 g/mol. The highest BCUT2D eigenvalue weighted by atomic mass is 16.3. The van der Waals surface area contributed by atoms with Crippen LogP contribution in [0, 0.1) is 6.92 Å². The minimum Gasteiger partial charge on any atom is -0.508 e. The molecule has 1 unspecified atom stereocenters. The van der Waals surface area contributed by atoms with Crippen LogP contribution in [0.3, 0.4) is 0 Å². The van der Waals surface area contributed by atoms with Gasteiger partial charge in [-0.15, -0.1) is 0 Å². The Kier molecular flexibility index (Phi) is 4.65. The zero-order valence-corrected chi connectivity index (χ0v) is 12.6. The molecule has 0 spiro atoms. The molecular formula is C16H24N2O2. The fourth-order valence-corrected chi connectivity index (χ4v) is 2.99. The predicted molar refractivity (Wildman–Crippen MR) is 80.1 cm³/mol. The summed E-state index contributed by atoms with van der Waals surface area (Å²) in [5.74, 6) is 0.225. The second-order valence-corrected chi connectivity index (χ2v) is 5.36. The molecule has 2 rings (SSSR count). The molecule has 1 aliphatic rings. The lowest BCUT2D eigenvalue weighted by molar-refractivity contribution is 0.0777. The molecule has 1 N–H and O–H groups in total. The Bertz CT molecular complexity index is 483. The minimum atomic E-state index is 0.0352. The second kappa shape index (κ2) is 6.27. The zero-order chi connectivity index (χ0) is 14.7. The topological polar surface area (TPSA) is 43.8 Å². The third-order valence-electron chi connectivity index (χ3n) is 4.31. The molecule has 20 heavy (non-hydrogen) atoms. The van der Waals surface area contributed by atoms with E-state index in [2.05, 4.69) is 18.7 Å². The molecule has 1 fully saturated rings. The first-order chi connectivity index (χ1) is 9.58. The largest absolute Gasteiger partial charge is 0.508 e. The van der Waals surface area contributed by atoms with Crippen molar-refractivity contribution in [2.75, 3.05) is 26.2 Å². The fourth-order valence-electron chi connectivity index (χ4n) is 2.99. The number of phenolic OH excluding ortho intramolecular Hbond substituents is 1. The van der Waals surface area contributed by atoms with E-state index in [0.717, 1.165) is 32.6 Å². The van der Waals surface area contributed by atoms with E-state index in [1.165, 1.54) is 0 Å². The van der Waals surface area contributed by atoms with Gasteiger partial charge in [0.1, 0.15) is 5.75 Å². The van der Waals surface area contributed by atoms with Crippen molar-refractivity contribution >= 4 is 5.91 Å². The molecule has 1 heterocycles. The van der Waals surface area contributed by atoms with Gasteiger partial charge in [-0.2, -0.15) is 0 Å². The molecule has 0 radical (unpaired) electrons. The van der Waals surface area contributed by atoms with Gasteiger partial charge in [-0.1, -0.05) is 19.9 Å². The maximum atomic E-state index is 12.6. The number of hydrogen-bond acceptors (Lipinski definition) is 3. The van der Waals surface area contributed by atoms with E-state index in [1.807, 2.05) is 4.90 Å². The van der Waals surface area contributed by atoms with Gasteiger partial charge in [0.2, 0.25) is 0 Å². The molecule has 0 bridgehead atoms. The van der Waals surface area contributed by atoms with Crippen LogP contribution in [0.4, 0.5) is 0 Å². The Balaban J connectivity index is 2.10. The van der Waals surface area contributed by atoms with Crippen LogP contribution in [0.5, 0.6) is 5.75 Å². The van der Waals surface area contributed by atoms with Gasteiger partial charge in [0.15, 0.2) is 0 Å². The number of nitrogens with zero attached hydrogens (tertiary/aromatic N) is 2. The summed E-state index contributed by atoms with van der Waals surface area (Å²) in [5.41, 5.74) is 1.29. The van der Waals surface area contributed by atoms with Gasteiger partial charge < -0.3 is 10.0 Å². The van der Waals surface area contributed by atoms with E-state index in [1.54, 1.807) is 25.1 Å². The second-order valence-electron chi connectivity index (χ2n) is 5.36. The summed E-state index contributed by atoms with van der Waals surface area (Å²) in [4.78, 5) is 16.9. The van der Waals surface area contributed by atoms with Crippen molar-refractivity contribution in [3.8, 4) is 5.75 Å². The Hall–Kier alpha value is -1.55. The lowest BCUT2D eigenvalue weighted by Gasteiger charge is -2.26. The highest BCUT2D eigenvalue weighted by Gasteiger charge is 2.30. The minimum absolute atomic E-state index is 0.0352. The van der Waals surface area contributed by atoms with Crippen LogP contribution in [0.2, 0.25) is 0 Å². The number of likely N-dealkylation sites (tertiary alicyclic amines) is 1. The average Bonchev–Trinajstić information content (AvgIpc) is 2.92. The summed E-state index contributed by atoms with van der Waals surface area (Å²) in [6, 6.07) is 5.61. The van der Waals surface area contributed by atoms with Crippen LogP contribution >= 0.6 is 0 Å². The van der Waals surface area contributed by atoms with Crippen LogP contribution in [0.15, 0.2) is 18.2 Å². The molecule has 1 atom stereocenters. The van der Waals surface area contributed by atoms with E-state index < -0.39 is 0 Å². The molecule has 0 saturated carbocycles. The number of benzene rings is 1. The lowest BCUT2D eigenvalue weighted by Crippen LogP contribution is -2.38. The maximum Gasteiger partial charge on any atom is 0.254 e.